The molecule has 0 fully saturated rings. The number of hydrogen-bond donors (Lipinski definition) is 7. The molecule has 0 saturated carbocycles. The van der Waals surface area contributed by atoms with Crippen molar-refractivity contribution in [3.63, 3.8) is 0 Å². The van der Waals surface area contributed by atoms with Crippen LogP contribution in [0, 0.1) is 0 Å². The summed E-state index contributed by atoms with van der Waals surface area (Å²) in [6, 6.07) is -3.72. The number of hydrogen-bond acceptors (Lipinski definition) is 7. The van der Waals surface area contributed by atoms with Gasteiger partial charge in [0, 0.05) is 6.42 Å². The number of carbonyl (C=O) groups excluding carboxylic acids is 2. The van der Waals surface area contributed by atoms with E-state index in [1.165, 1.54) is 6.92 Å². The van der Waals surface area contributed by atoms with Gasteiger partial charge in [0.2, 0.25) is 11.8 Å². The minimum absolute atomic E-state index is 0.137. The van der Waals surface area contributed by atoms with Gasteiger partial charge in [-0.25, -0.2) is 4.79 Å². The first-order chi connectivity index (χ1) is 12.1. The van der Waals surface area contributed by atoms with Crippen LogP contribution in [0.5, 0.6) is 0 Å². The normalized spacial score (nSPS) is 15.4. The van der Waals surface area contributed by atoms with Crippen LogP contribution in [-0.2, 0) is 19.2 Å². The second-order valence-electron chi connectivity index (χ2n) is 6.05. The number of nitrogens with two attached hydrogens (primary N) is 2. The summed E-state index contributed by atoms with van der Waals surface area (Å²) < 4.78 is 0. The zero-order chi connectivity index (χ0) is 20.3. The molecule has 0 saturated heterocycles. The van der Waals surface area contributed by atoms with E-state index in [0.29, 0.717) is 12.8 Å². The highest BCUT2D eigenvalue weighted by atomic mass is 16.4. The van der Waals surface area contributed by atoms with E-state index in [-0.39, 0.29) is 25.9 Å². The van der Waals surface area contributed by atoms with Crippen molar-refractivity contribution in [3.05, 3.63) is 0 Å². The van der Waals surface area contributed by atoms with Crippen molar-refractivity contribution in [1.29, 1.82) is 0 Å². The summed E-state index contributed by atoms with van der Waals surface area (Å²) in [4.78, 5) is 45.1. The third kappa shape index (κ3) is 9.91. The Morgan fingerprint density at radius 1 is 0.962 bits per heavy atom. The number of carboxylic acids is 2. The molecule has 11 nitrogen and oxygen atoms in total. The average Bonchev–Trinajstić information content (AvgIpc) is 2.56. The van der Waals surface area contributed by atoms with E-state index in [4.69, 9.17) is 21.7 Å². The summed E-state index contributed by atoms with van der Waals surface area (Å²) in [5, 5.41) is 31.8. The van der Waals surface area contributed by atoms with Gasteiger partial charge >= 0.3 is 11.9 Å². The van der Waals surface area contributed by atoms with E-state index in [9.17, 15) is 24.3 Å². The minimum Gasteiger partial charge on any atom is -0.480 e. The fourth-order valence-electron chi connectivity index (χ4n) is 2.05. The fraction of sp³-hybridized carbons (Fsp3) is 0.733. The van der Waals surface area contributed by atoms with Crippen molar-refractivity contribution < 1.29 is 34.5 Å². The molecule has 0 rings (SSSR count). The number of aliphatic hydroxyl groups is 1. The number of aliphatic hydroxyl groups excluding tert-OH is 1. The third-order valence-corrected chi connectivity index (χ3v) is 3.66. The quantitative estimate of drug-likeness (QED) is 0.185. The van der Waals surface area contributed by atoms with Gasteiger partial charge in [0.1, 0.15) is 12.1 Å². The van der Waals surface area contributed by atoms with Gasteiger partial charge in [0.25, 0.3) is 0 Å². The van der Waals surface area contributed by atoms with Crippen molar-refractivity contribution in [2.24, 2.45) is 11.5 Å². The standard InChI is InChI=1S/C15H28N4O7/c1-8(16)13(22)19-11(15(25)26)5-6-12(21)18-9(7-20)3-2-4-10(17)14(23)24/h8-11,20H,2-7,16-17H2,1H3,(H,18,21)(H,19,22)(H,23,24)(H,25,26). The molecule has 26 heavy (non-hydrogen) atoms. The van der Waals surface area contributed by atoms with Crippen LogP contribution in [0.25, 0.3) is 0 Å². The monoisotopic (exact) mass is 376 g/mol. The molecule has 0 spiro atoms. The van der Waals surface area contributed by atoms with Crippen LogP contribution in [0.3, 0.4) is 0 Å². The minimum atomic E-state index is -1.28. The second-order valence-corrected chi connectivity index (χ2v) is 6.05. The molecule has 0 bridgehead atoms. The molecule has 4 atom stereocenters. The lowest BCUT2D eigenvalue weighted by Gasteiger charge is -2.19. The molecule has 0 aromatic rings. The van der Waals surface area contributed by atoms with Crippen molar-refractivity contribution in [3.8, 4) is 0 Å². The lowest BCUT2D eigenvalue weighted by Crippen LogP contribution is -2.48. The largest absolute Gasteiger partial charge is 0.480 e. The van der Waals surface area contributed by atoms with Gasteiger partial charge in [-0.2, -0.15) is 0 Å². The van der Waals surface area contributed by atoms with Crippen molar-refractivity contribution in [1.82, 2.24) is 10.6 Å². The van der Waals surface area contributed by atoms with Crippen LogP contribution in [0.4, 0.5) is 0 Å². The molecule has 0 aromatic carbocycles. The molecular weight excluding hydrogens is 348 g/mol. The Bertz CT molecular complexity index is 498. The lowest BCUT2D eigenvalue weighted by molar-refractivity contribution is -0.142. The fourth-order valence-corrected chi connectivity index (χ4v) is 2.05. The van der Waals surface area contributed by atoms with E-state index in [0.717, 1.165) is 0 Å². The Balaban J connectivity index is 4.35. The molecular formula is C15H28N4O7. The molecule has 11 heteroatoms. The zero-order valence-corrected chi connectivity index (χ0v) is 14.7. The van der Waals surface area contributed by atoms with Crippen LogP contribution in [0.2, 0.25) is 0 Å². The highest BCUT2D eigenvalue weighted by Gasteiger charge is 2.23. The summed E-state index contributed by atoms with van der Waals surface area (Å²) >= 11 is 0. The zero-order valence-electron chi connectivity index (χ0n) is 14.7. The molecule has 0 heterocycles. The molecule has 0 radical (unpaired) electrons. The molecule has 0 aliphatic carbocycles. The SMILES string of the molecule is CC(N)C(=O)NC(CCC(=O)NC(CO)CCCC(N)C(=O)O)C(=O)O. The van der Waals surface area contributed by atoms with Crippen LogP contribution in [0.15, 0.2) is 0 Å². The topological polar surface area (TPSA) is 205 Å². The first-order valence-corrected chi connectivity index (χ1v) is 8.25. The Hall–Kier alpha value is -2.24. The second kappa shape index (κ2) is 12.2. The van der Waals surface area contributed by atoms with Gasteiger partial charge in [-0.3, -0.25) is 14.4 Å². The van der Waals surface area contributed by atoms with Crippen LogP contribution < -0.4 is 22.1 Å². The van der Waals surface area contributed by atoms with E-state index >= 15 is 0 Å². The number of aliphatic carboxylic acids is 2. The first kappa shape index (κ1) is 23.8. The molecule has 0 aliphatic rings. The highest BCUT2D eigenvalue weighted by molar-refractivity contribution is 5.87. The van der Waals surface area contributed by atoms with Crippen LogP contribution >= 0.6 is 0 Å². The van der Waals surface area contributed by atoms with Crippen molar-refractivity contribution in [2.45, 2.75) is 63.2 Å². The highest BCUT2D eigenvalue weighted by Crippen LogP contribution is 2.05. The van der Waals surface area contributed by atoms with Crippen molar-refractivity contribution in [2.75, 3.05) is 6.61 Å². The maximum atomic E-state index is 11.9. The first-order valence-electron chi connectivity index (χ1n) is 8.25. The van der Waals surface area contributed by atoms with Crippen LogP contribution in [-0.4, -0.2) is 69.8 Å². The number of nitrogens with one attached hydrogen (secondary N) is 2. The number of amides is 2. The Morgan fingerprint density at radius 2 is 1.58 bits per heavy atom. The molecule has 150 valence electrons. The van der Waals surface area contributed by atoms with E-state index in [2.05, 4.69) is 10.6 Å². The van der Waals surface area contributed by atoms with Gasteiger partial charge in [0.15, 0.2) is 0 Å². The maximum absolute atomic E-state index is 11.9. The lowest BCUT2D eigenvalue weighted by atomic mass is 10.1. The number of carbonyl (C=O) groups is 4. The summed E-state index contributed by atoms with van der Waals surface area (Å²) in [5.74, 6) is -3.54. The molecule has 2 amide bonds. The molecule has 4 unspecified atom stereocenters. The van der Waals surface area contributed by atoms with Gasteiger partial charge in [0.05, 0.1) is 18.7 Å². The molecule has 9 N–H and O–H groups in total. The predicted molar refractivity (Wildman–Crippen MR) is 90.9 cm³/mol. The molecule has 0 aromatic heterocycles. The predicted octanol–water partition coefficient (Wildman–Crippen LogP) is -2.26. The van der Waals surface area contributed by atoms with E-state index in [1.54, 1.807) is 0 Å². The Labute approximate surface area is 151 Å². The van der Waals surface area contributed by atoms with Gasteiger partial charge < -0.3 is 37.4 Å². The Kier molecular flexibility index (Phi) is 11.1. The number of carboxylic acid groups (broad SMARTS) is 2. The summed E-state index contributed by atoms with van der Waals surface area (Å²) in [6.45, 7) is 1.06. The maximum Gasteiger partial charge on any atom is 0.326 e. The van der Waals surface area contributed by atoms with E-state index in [1.807, 2.05) is 0 Å². The average molecular weight is 376 g/mol. The smallest absolute Gasteiger partial charge is 0.326 e. The third-order valence-electron chi connectivity index (χ3n) is 3.66. The van der Waals surface area contributed by atoms with Gasteiger partial charge in [-0.15, -0.1) is 0 Å². The Morgan fingerprint density at radius 3 is 2.04 bits per heavy atom. The van der Waals surface area contributed by atoms with Gasteiger partial charge in [-0.05, 0) is 32.6 Å². The van der Waals surface area contributed by atoms with Crippen molar-refractivity contribution >= 4 is 23.8 Å². The summed E-state index contributed by atoms with van der Waals surface area (Å²) in [6.07, 6.45) is 0.600. The van der Waals surface area contributed by atoms with Crippen LogP contribution in [0.1, 0.15) is 39.0 Å². The molecule has 0 aliphatic heterocycles. The van der Waals surface area contributed by atoms with Gasteiger partial charge in [-0.1, -0.05) is 0 Å². The summed E-state index contributed by atoms with van der Waals surface area (Å²) in [7, 11) is 0. The van der Waals surface area contributed by atoms with E-state index < -0.39 is 47.9 Å². The number of rotatable bonds is 13. The summed E-state index contributed by atoms with van der Waals surface area (Å²) in [5.41, 5.74) is 10.7.